The fourth-order valence-corrected chi connectivity index (χ4v) is 1.45. The summed E-state index contributed by atoms with van der Waals surface area (Å²) in [4.78, 5) is 22.1. The molecular weight excluding hydrogens is 314 g/mol. The minimum Gasteiger partial charge on any atom is -0.569 e. The first kappa shape index (κ1) is 20.9. The fourth-order valence-electron chi connectivity index (χ4n) is 1.45. The molecule has 0 aliphatic heterocycles. The number of methoxy groups -OCH3 is 2. The highest BCUT2D eigenvalue weighted by atomic mass is 16.6. The van der Waals surface area contributed by atoms with Crippen LogP contribution in [0.3, 0.4) is 0 Å². The van der Waals surface area contributed by atoms with Crippen molar-refractivity contribution < 1.29 is 38.7 Å². The molecule has 0 aliphatic rings. The van der Waals surface area contributed by atoms with Gasteiger partial charge in [0.05, 0.1) is 52.0 Å². The van der Waals surface area contributed by atoms with Crippen molar-refractivity contribution in [1.29, 1.82) is 0 Å². The highest BCUT2D eigenvalue weighted by molar-refractivity contribution is 5.73. The number of hydrogen-bond acceptors (Lipinski definition) is 8. The minimum absolute atomic E-state index is 0.0134. The third kappa shape index (κ3) is 9.47. The van der Waals surface area contributed by atoms with Crippen molar-refractivity contribution in [3.8, 4) is 0 Å². The molecule has 0 fully saturated rings. The molecule has 0 spiro atoms. The molecule has 11 heteroatoms. The molecule has 0 saturated heterocycles. The van der Waals surface area contributed by atoms with E-state index in [1.54, 1.807) is 6.92 Å². The van der Waals surface area contributed by atoms with Crippen molar-refractivity contribution in [2.75, 3.05) is 47.1 Å². The van der Waals surface area contributed by atoms with E-state index >= 15 is 0 Å². The summed E-state index contributed by atoms with van der Waals surface area (Å²) in [6.45, 7) is 2.16. The first-order chi connectivity index (χ1) is 11.0. The number of carbonyl (C=O) groups excluding carboxylic acids is 2. The molecule has 0 radical (unpaired) electrons. The summed E-state index contributed by atoms with van der Waals surface area (Å²) >= 11 is 0. The van der Waals surface area contributed by atoms with Gasteiger partial charge in [-0.25, -0.2) is 4.79 Å². The van der Waals surface area contributed by atoms with Crippen LogP contribution in [0, 0.1) is 5.21 Å². The number of nitrogens with zero attached hydrogens (tertiary/aromatic N) is 3. The maximum Gasteiger partial charge on any atom is 0.334 e. The van der Waals surface area contributed by atoms with E-state index in [1.165, 1.54) is 14.2 Å². The van der Waals surface area contributed by atoms with Crippen molar-refractivity contribution in [2.24, 2.45) is 5.28 Å². The van der Waals surface area contributed by atoms with Crippen LogP contribution in [0.15, 0.2) is 5.28 Å². The molecule has 0 amide bonds. The Balaban J connectivity index is 3.95. The average Bonchev–Trinajstić information content (AvgIpc) is 2.58. The number of esters is 2. The lowest BCUT2D eigenvalue weighted by Crippen LogP contribution is -2.36. The van der Waals surface area contributed by atoms with Gasteiger partial charge in [-0.3, -0.25) is 4.79 Å². The predicted octanol–water partition coefficient (Wildman–Crippen LogP) is -0.287. The molecule has 0 heterocycles. The monoisotopic (exact) mass is 337 g/mol. The first-order valence-corrected chi connectivity index (χ1v) is 6.87. The van der Waals surface area contributed by atoms with Gasteiger partial charge >= 0.3 is 11.9 Å². The first-order valence-electron chi connectivity index (χ1n) is 6.87. The standard InChI is InChI=1S/C12H23N3O8/c1-10(12(17)21-3)23-9-8-22-7-6-14(15(19)13-18)5-4-11(16)20-2/h10,18H,4-9H2,1-3H3/b15-13-. The number of hydrogen-bond donors (Lipinski definition) is 1. The largest absolute Gasteiger partial charge is 0.569 e. The van der Waals surface area contributed by atoms with Crippen LogP contribution >= 0.6 is 0 Å². The van der Waals surface area contributed by atoms with Gasteiger partial charge in [0.15, 0.2) is 6.10 Å². The van der Waals surface area contributed by atoms with Gasteiger partial charge in [0.2, 0.25) is 5.28 Å². The molecule has 1 atom stereocenters. The zero-order valence-electron chi connectivity index (χ0n) is 13.5. The summed E-state index contributed by atoms with van der Waals surface area (Å²) in [6.07, 6.45) is -0.727. The maximum absolute atomic E-state index is 11.3. The Labute approximate surface area is 133 Å². The highest BCUT2D eigenvalue weighted by Gasteiger charge is 2.16. The molecule has 0 saturated carbocycles. The molecule has 0 aliphatic carbocycles. The zero-order valence-corrected chi connectivity index (χ0v) is 13.5. The average molecular weight is 337 g/mol. The number of ether oxygens (including phenoxy) is 4. The van der Waals surface area contributed by atoms with Crippen molar-refractivity contribution in [1.82, 2.24) is 5.01 Å². The van der Waals surface area contributed by atoms with Crippen LogP contribution in [-0.4, -0.2) is 80.4 Å². The van der Waals surface area contributed by atoms with E-state index < -0.39 is 18.0 Å². The lowest BCUT2D eigenvalue weighted by molar-refractivity contribution is -0.709. The second-order valence-corrected chi connectivity index (χ2v) is 4.27. The fraction of sp³-hybridized carbons (Fsp3) is 0.833. The summed E-state index contributed by atoms with van der Waals surface area (Å²) in [5.41, 5.74) is 0. The Bertz CT molecular complexity index is 391. The molecule has 0 aromatic heterocycles. The molecule has 23 heavy (non-hydrogen) atoms. The van der Waals surface area contributed by atoms with Gasteiger partial charge < -0.3 is 29.4 Å². The van der Waals surface area contributed by atoms with E-state index in [2.05, 4.69) is 14.8 Å². The second-order valence-electron chi connectivity index (χ2n) is 4.27. The van der Waals surface area contributed by atoms with Crippen LogP contribution in [0.2, 0.25) is 0 Å². The lowest BCUT2D eigenvalue weighted by atomic mass is 10.4. The second kappa shape index (κ2) is 12.4. The van der Waals surface area contributed by atoms with Gasteiger partial charge in [-0.15, -0.1) is 5.01 Å². The summed E-state index contributed by atoms with van der Waals surface area (Å²) in [5.74, 6) is -0.974. The normalized spacial score (nSPS) is 12.6. The third-order valence-electron chi connectivity index (χ3n) is 2.74. The van der Waals surface area contributed by atoms with E-state index in [1.807, 2.05) is 0 Å². The van der Waals surface area contributed by atoms with Gasteiger partial charge in [-0.05, 0) is 6.92 Å². The number of hydrazine groups is 1. The molecule has 11 nitrogen and oxygen atoms in total. The van der Waals surface area contributed by atoms with Crippen LogP contribution in [0.25, 0.3) is 0 Å². The Morgan fingerprint density at radius 1 is 1.22 bits per heavy atom. The van der Waals surface area contributed by atoms with E-state index in [-0.39, 0.29) is 44.3 Å². The summed E-state index contributed by atoms with van der Waals surface area (Å²) in [6, 6.07) is 0. The smallest absolute Gasteiger partial charge is 0.334 e. The third-order valence-corrected chi connectivity index (χ3v) is 2.74. The van der Waals surface area contributed by atoms with Gasteiger partial charge in [0.25, 0.3) is 0 Å². The Morgan fingerprint density at radius 3 is 2.48 bits per heavy atom. The lowest BCUT2D eigenvalue weighted by Gasteiger charge is -2.17. The SMILES string of the molecule is COC(=O)CCN(CCOCCOC(C)C(=O)OC)/[N+]([O-])=N/O. The van der Waals surface area contributed by atoms with E-state index in [9.17, 15) is 14.8 Å². The minimum atomic E-state index is -0.689. The van der Waals surface area contributed by atoms with E-state index in [0.29, 0.717) is 0 Å². The Hall–Kier alpha value is -2.14. The molecule has 0 rings (SSSR count). The van der Waals surface area contributed by atoms with Crippen molar-refractivity contribution >= 4 is 11.9 Å². The predicted molar refractivity (Wildman–Crippen MR) is 74.3 cm³/mol. The highest BCUT2D eigenvalue weighted by Crippen LogP contribution is 1.97. The van der Waals surface area contributed by atoms with Gasteiger partial charge in [0, 0.05) is 0 Å². The quantitative estimate of drug-likeness (QED) is 0.168. The van der Waals surface area contributed by atoms with Gasteiger partial charge in [-0.1, -0.05) is 0 Å². The Morgan fingerprint density at radius 2 is 1.91 bits per heavy atom. The van der Waals surface area contributed by atoms with Crippen LogP contribution < -0.4 is 0 Å². The molecule has 0 aromatic rings. The summed E-state index contributed by atoms with van der Waals surface area (Å²) in [5, 5.41) is 23.3. The molecule has 1 N–H and O–H groups in total. The summed E-state index contributed by atoms with van der Waals surface area (Å²) in [7, 11) is 2.50. The zero-order chi connectivity index (χ0) is 17.7. The Kier molecular flexibility index (Phi) is 11.3. The van der Waals surface area contributed by atoms with Crippen LogP contribution in [-0.2, 0) is 28.5 Å². The number of carbonyl (C=O) groups is 2. The number of rotatable bonds is 12. The molecular formula is C12H23N3O8. The molecule has 0 bridgehead atoms. The van der Waals surface area contributed by atoms with Crippen LogP contribution in [0.4, 0.5) is 0 Å². The van der Waals surface area contributed by atoms with Gasteiger partial charge in [-0.2, -0.15) is 0 Å². The van der Waals surface area contributed by atoms with Crippen molar-refractivity contribution in [3.05, 3.63) is 5.21 Å². The molecule has 0 aromatic carbocycles. The topological polar surface area (TPSA) is 133 Å². The summed E-state index contributed by atoms with van der Waals surface area (Å²) < 4.78 is 19.3. The molecule has 1 unspecified atom stereocenters. The van der Waals surface area contributed by atoms with Crippen LogP contribution in [0.1, 0.15) is 13.3 Å². The molecule has 134 valence electrons. The van der Waals surface area contributed by atoms with E-state index in [4.69, 9.17) is 14.7 Å². The van der Waals surface area contributed by atoms with Crippen molar-refractivity contribution in [2.45, 2.75) is 19.4 Å². The van der Waals surface area contributed by atoms with Gasteiger partial charge in [0.1, 0.15) is 6.54 Å². The van der Waals surface area contributed by atoms with Crippen LogP contribution in [0.5, 0.6) is 0 Å². The maximum atomic E-state index is 11.3. The van der Waals surface area contributed by atoms with Crippen molar-refractivity contribution in [3.63, 3.8) is 0 Å². The van der Waals surface area contributed by atoms with E-state index in [0.717, 1.165) is 5.01 Å².